The third kappa shape index (κ3) is 18.9. The minimum Gasteiger partial charge on any atom is 0 e. The molecule has 0 aromatic heterocycles. The maximum absolute atomic E-state index is 8.19. The number of hydrogen-bond acceptors (Lipinski definition) is 1. The van der Waals surface area contributed by atoms with E-state index in [2.05, 4.69) is 0 Å². The largest absolute Gasteiger partial charge is 0 e. The molecular weight excluding hydrogens is 251 g/mol. The summed E-state index contributed by atoms with van der Waals surface area (Å²) in [5.41, 5.74) is 0. The first-order valence-corrected chi connectivity index (χ1v) is 0.753. The molecule has 1 nitrogen and oxygen atoms in total. The van der Waals surface area contributed by atoms with E-state index in [1.165, 1.54) is 0 Å². The van der Waals surface area contributed by atoms with E-state index in [-0.39, 0.29) is 87.5 Å². The molecule has 0 atom stereocenters. The van der Waals surface area contributed by atoms with Gasteiger partial charge < -0.3 is 0 Å². The molecule has 2 radical (unpaired) electrons. The van der Waals surface area contributed by atoms with E-state index in [1.54, 1.807) is 0 Å². The molecule has 0 N–H and O–H groups in total. The Morgan fingerprint density at radius 3 is 1.20 bits per heavy atom. The average Bonchev–Trinajstić information content (AvgIpc) is 1.00. The standard InChI is InChI=1S/Ca.Mn.O.V.Y.2H. The zero-order chi connectivity index (χ0) is 2.00. The summed E-state index contributed by atoms with van der Waals surface area (Å²) in [6.45, 7) is 0. The fourth-order valence-electron chi connectivity index (χ4n) is 0. The second kappa shape index (κ2) is 26.7. The van der Waals surface area contributed by atoms with Gasteiger partial charge in [0.05, 0.1) is 0 Å². The minimum absolute atomic E-state index is 0. The molecule has 0 bridgehead atoms. The quantitative estimate of drug-likeness (QED) is 0.504. The normalized spacial score (nSPS) is 0.600. The van der Waals surface area contributed by atoms with Crippen LogP contribution < -0.4 is 0 Å². The van der Waals surface area contributed by atoms with Gasteiger partial charge in [-0.15, -0.1) is 0 Å². The Labute approximate surface area is 106 Å². The molecule has 0 unspecified atom stereocenters. The van der Waals surface area contributed by atoms with Crippen molar-refractivity contribution in [2.75, 3.05) is 0 Å². The number of rotatable bonds is 0. The van der Waals surface area contributed by atoms with Crippen LogP contribution in [-0.2, 0) is 70.8 Å². The predicted molar refractivity (Wildman–Crippen MR) is 9.23 cm³/mol. The number of hydrogen-bond donors (Lipinski definition) is 0. The van der Waals surface area contributed by atoms with Crippen LogP contribution in [0.3, 0.4) is 0 Å². The summed E-state index contributed by atoms with van der Waals surface area (Å²) in [4.78, 5) is 0. The summed E-state index contributed by atoms with van der Waals surface area (Å²) < 4.78 is 8.19. The molecule has 0 amide bonds. The van der Waals surface area contributed by atoms with E-state index in [9.17, 15) is 0 Å². The van der Waals surface area contributed by atoms with E-state index in [0.717, 1.165) is 17.4 Å². The third-order valence-corrected chi connectivity index (χ3v) is 0. The van der Waals surface area contributed by atoms with Crippen LogP contribution in [0, 0.1) is 0 Å². The van der Waals surface area contributed by atoms with Gasteiger partial charge in [0, 0.05) is 49.8 Å². The SMILES string of the molecule is [CaH2].[Mn].[O]=[V].[Y]. The molecule has 0 fully saturated rings. The van der Waals surface area contributed by atoms with Gasteiger partial charge in [-0.1, -0.05) is 0 Å². The van der Waals surface area contributed by atoms with Crippen LogP contribution >= 0.6 is 0 Å². The van der Waals surface area contributed by atoms with Gasteiger partial charge in [-0.25, -0.2) is 0 Å². The van der Waals surface area contributed by atoms with E-state index in [4.69, 9.17) is 3.67 Å². The third-order valence-electron chi connectivity index (χ3n) is 0. The summed E-state index contributed by atoms with van der Waals surface area (Å²) in [5, 5.41) is 0. The summed E-state index contributed by atoms with van der Waals surface area (Å²) in [6, 6.07) is 0. The van der Waals surface area contributed by atoms with Crippen molar-refractivity contribution >= 4 is 37.7 Å². The Balaban J connectivity index is -0.00000000167. The van der Waals surface area contributed by atoms with Gasteiger partial charge in [-0.05, 0) is 0 Å². The fourth-order valence-corrected chi connectivity index (χ4v) is 0. The molecule has 0 aliphatic carbocycles. The van der Waals surface area contributed by atoms with Crippen molar-refractivity contribution in [1.29, 1.82) is 0 Å². The van der Waals surface area contributed by atoms with Crippen LogP contribution in [0.2, 0.25) is 0 Å². The van der Waals surface area contributed by atoms with Crippen LogP contribution in [0.1, 0.15) is 0 Å². The Bertz CT molecular complexity index is 11.6. The molecule has 0 aromatic carbocycles. The van der Waals surface area contributed by atoms with Gasteiger partial charge in [0.1, 0.15) is 0 Å². The summed E-state index contributed by atoms with van der Waals surface area (Å²) in [5.74, 6) is 0. The van der Waals surface area contributed by atoms with Crippen molar-refractivity contribution < 1.29 is 70.8 Å². The summed E-state index contributed by atoms with van der Waals surface area (Å²) in [6.07, 6.45) is 0. The van der Waals surface area contributed by atoms with E-state index >= 15 is 0 Å². The molecule has 0 heterocycles. The molecule has 0 spiro atoms. The first-order chi connectivity index (χ1) is 1.00. The molecule has 0 rings (SSSR count). The van der Waals surface area contributed by atoms with Crippen molar-refractivity contribution in [2.24, 2.45) is 0 Å². The Morgan fingerprint density at radius 2 is 1.20 bits per heavy atom. The molecule has 5 heavy (non-hydrogen) atoms. The van der Waals surface area contributed by atoms with Crippen LogP contribution in [0.25, 0.3) is 0 Å². The molecule has 25 valence electrons. The second-order valence-corrected chi connectivity index (χ2v) is 0. The predicted octanol–water partition coefficient (Wildman–Crippen LogP) is -1.04. The van der Waals surface area contributed by atoms with Crippen LogP contribution in [-0.4, -0.2) is 37.7 Å². The Hall–Kier alpha value is 3.27. The van der Waals surface area contributed by atoms with Crippen LogP contribution in [0.5, 0.6) is 0 Å². The van der Waals surface area contributed by atoms with Crippen molar-refractivity contribution in [2.45, 2.75) is 0 Å². The second-order valence-electron chi connectivity index (χ2n) is 0. The van der Waals surface area contributed by atoms with Gasteiger partial charge >= 0.3 is 58.8 Å². The van der Waals surface area contributed by atoms with Crippen molar-refractivity contribution in [3.63, 3.8) is 0 Å². The van der Waals surface area contributed by atoms with Crippen molar-refractivity contribution in [3.05, 3.63) is 0 Å². The summed E-state index contributed by atoms with van der Waals surface area (Å²) >= 11 is 1.06. The first-order valence-electron chi connectivity index (χ1n) is 0.183. The molecule has 0 aliphatic rings. The van der Waals surface area contributed by atoms with Gasteiger partial charge in [0.2, 0.25) is 0 Å². The maximum Gasteiger partial charge on any atom is 0 e. The zero-order valence-corrected chi connectivity index (χ0v) is 7.23. The Morgan fingerprint density at radius 1 is 1.20 bits per heavy atom. The summed E-state index contributed by atoms with van der Waals surface area (Å²) in [7, 11) is 0. The first kappa shape index (κ1) is 24.0. The maximum atomic E-state index is 8.19. The van der Waals surface area contributed by atoms with Crippen LogP contribution in [0.4, 0.5) is 0 Å². The van der Waals surface area contributed by atoms with Crippen molar-refractivity contribution in [1.82, 2.24) is 0 Å². The monoisotopic (exact) mass is 253 g/mol. The van der Waals surface area contributed by atoms with Gasteiger partial charge in [-0.2, -0.15) is 0 Å². The molecule has 0 aromatic rings. The molecular formula is H2CaMnOVY. The average molecular weight is 253 g/mol. The smallest absolute Gasteiger partial charge is 0 e. The molecule has 0 saturated heterocycles. The van der Waals surface area contributed by atoms with Gasteiger partial charge in [0.25, 0.3) is 0 Å². The molecule has 5 heteroatoms. The van der Waals surface area contributed by atoms with E-state index in [1.807, 2.05) is 0 Å². The van der Waals surface area contributed by atoms with E-state index in [0.29, 0.717) is 0 Å². The minimum atomic E-state index is 0. The Kier molecular flexibility index (Phi) is 128. The van der Waals surface area contributed by atoms with Gasteiger partial charge in [0.15, 0.2) is 0 Å². The topological polar surface area (TPSA) is 17.1 Å². The van der Waals surface area contributed by atoms with Gasteiger partial charge in [-0.3, -0.25) is 0 Å². The van der Waals surface area contributed by atoms with Crippen molar-refractivity contribution in [3.8, 4) is 0 Å². The van der Waals surface area contributed by atoms with E-state index < -0.39 is 0 Å². The van der Waals surface area contributed by atoms with Crippen LogP contribution in [0.15, 0.2) is 0 Å². The molecule has 0 aliphatic heterocycles. The fraction of sp³-hybridized carbons (Fsp3) is 0. The molecule has 0 saturated carbocycles. The zero-order valence-electron chi connectivity index (χ0n) is 1.81.